The molecule has 1 heterocycles. The lowest BCUT2D eigenvalue weighted by atomic mass is 9.95. The Morgan fingerprint density at radius 3 is 2.82 bits per heavy atom. The Kier molecular flexibility index (Phi) is 5.93. The molecule has 2 aromatic rings. The molecule has 0 aliphatic heterocycles. The van der Waals surface area contributed by atoms with Gasteiger partial charge in [-0.3, -0.25) is 10.1 Å². The largest absolute Gasteiger partial charge is 0.502 e. The maximum absolute atomic E-state index is 12.5. The lowest BCUT2D eigenvalue weighted by molar-refractivity contribution is -0.385. The van der Waals surface area contributed by atoms with Crippen molar-refractivity contribution in [1.29, 1.82) is 0 Å². The molecule has 1 aromatic heterocycles. The number of hydrogen-bond acceptors (Lipinski definition) is 8. The molecule has 1 aliphatic rings. The summed E-state index contributed by atoms with van der Waals surface area (Å²) in [6.07, 6.45) is 5.05. The molecule has 9 heteroatoms. The first-order valence-electron chi connectivity index (χ1n) is 8.87. The van der Waals surface area contributed by atoms with Crippen LogP contribution in [0.15, 0.2) is 17.1 Å². The van der Waals surface area contributed by atoms with Crippen LogP contribution in [0.2, 0.25) is 0 Å². The van der Waals surface area contributed by atoms with Crippen LogP contribution in [-0.2, 0) is 17.6 Å². The van der Waals surface area contributed by atoms with Gasteiger partial charge in [0, 0.05) is 16.7 Å². The predicted octanol–water partition coefficient (Wildman–Crippen LogP) is 4.18. The highest BCUT2D eigenvalue weighted by atomic mass is 32.1. The number of nitrogens with zero attached hydrogens (tertiary/aromatic N) is 2. The maximum atomic E-state index is 12.5. The number of nitro groups is 1. The van der Waals surface area contributed by atoms with Crippen LogP contribution in [0, 0.1) is 10.1 Å². The van der Waals surface area contributed by atoms with Gasteiger partial charge in [0.1, 0.15) is 10.8 Å². The molecule has 1 N–H and O–H groups in total. The molecule has 3 rings (SSSR count). The van der Waals surface area contributed by atoms with Gasteiger partial charge in [0.2, 0.25) is 5.75 Å². The number of rotatable bonds is 6. The highest BCUT2D eigenvalue weighted by Gasteiger charge is 2.26. The van der Waals surface area contributed by atoms with E-state index in [9.17, 15) is 20.0 Å². The highest BCUT2D eigenvalue weighted by Crippen LogP contribution is 2.41. The summed E-state index contributed by atoms with van der Waals surface area (Å²) < 4.78 is 10.3. The molecular formula is C19H20N2O6S. The van der Waals surface area contributed by atoms with Crippen molar-refractivity contribution in [3.8, 4) is 11.5 Å². The smallest absolute Gasteiger partial charge is 0.341 e. The number of esters is 1. The molecule has 0 atom stereocenters. The van der Waals surface area contributed by atoms with Gasteiger partial charge >= 0.3 is 11.7 Å². The minimum atomic E-state index is -0.691. The van der Waals surface area contributed by atoms with E-state index < -0.39 is 22.3 Å². The van der Waals surface area contributed by atoms with Gasteiger partial charge in [-0.25, -0.2) is 9.79 Å². The molecule has 1 aliphatic carbocycles. The minimum absolute atomic E-state index is 0.132. The summed E-state index contributed by atoms with van der Waals surface area (Å²) in [5, 5.41) is 21.8. The first-order valence-corrected chi connectivity index (χ1v) is 9.69. The molecule has 8 nitrogen and oxygen atoms in total. The normalized spacial score (nSPS) is 13.4. The molecule has 28 heavy (non-hydrogen) atoms. The van der Waals surface area contributed by atoms with Gasteiger partial charge in [-0.05, 0) is 44.2 Å². The zero-order valence-corrected chi connectivity index (χ0v) is 16.4. The number of fused-ring (bicyclic) bond motifs is 1. The number of ether oxygens (including phenoxy) is 2. The van der Waals surface area contributed by atoms with Crippen molar-refractivity contribution in [2.75, 3.05) is 13.7 Å². The number of nitro benzene ring substituents is 1. The topological polar surface area (TPSA) is 111 Å². The Morgan fingerprint density at radius 2 is 2.14 bits per heavy atom. The van der Waals surface area contributed by atoms with Gasteiger partial charge in [0.15, 0.2) is 0 Å². The number of aliphatic imine (C=N–C) groups is 1. The van der Waals surface area contributed by atoms with Crippen molar-refractivity contribution < 1.29 is 24.3 Å². The van der Waals surface area contributed by atoms with Crippen LogP contribution in [0.4, 0.5) is 10.7 Å². The van der Waals surface area contributed by atoms with Crippen molar-refractivity contribution in [1.82, 2.24) is 0 Å². The molecule has 1 aromatic carbocycles. The number of carbonyl (C=O) groups excluding carboxylic acids is 1. The molecule has 0 amide bonds. The number of aryl methyl sites for hydroxylation is 1. The third-order valence-corrected chi connectivity index (χ3v) is 5.68. The third kappa shape index (κ3) is 3.84. The van der Waals surface area contributed by atoms with Gasteiger partial charge in [0.05, 0.1) is 30.3 Å². The molecule has 0 saturated heterocycles. The van der Waals surface area contributed by atoms with Crippen LogP contribution in [0.5, 0.6) is 11.5 Å². The average Bonchev–Trinajstić information content (AvgIpc) is 3.05. The van der Waals surface area contributed by atoms with E-state index in [1.807, 2.05) is 0 Å². The van der Waals surface area contributed by atoms with E-state index in [4.69, 9.17) is 9.47 Å². The average molecular weight is 404 g/mol. The van der Waals surface area contributed by atoms with Crippen molar-refractivity contribution in [3.63, 3.8) is 0 Å². The lowest BCUT2D eigenvalue weighted by Crippen LogP contribution is -2.09. The maximum Gasteiger partial charge on any atom is 0.341 e. The number of thiophene rings is 1. The van der Waals surface area contributed by atoms with E-state index in [1.54, 1.807) is 6.92 Å². The summed E-state index contributed by atoms with van der Waals surface area (Å²) in [5.74, 6) is -0.703. The molecular weight excluding hydrogens is 384 g/mol. The standard InChI is InChI=1S/C19H20N2O6S/c1-3-27-19(23)16-13-6-4-5-7-15(13)28-18(16)20-10-11-8-12(26-2)9-14(17(11)22)21(24)25/h8-10,22H,3-7H2,1-2H3. The summed E-state index contributed by atoms with van der Waals surface area (Å²) in [5.41, 5.74) is 1.08. The Balaban J connectivity index is 2.05. The van der Waals surface area contributed by atoms with E-state index in [2.05, 4.69) is 4.99 Å². The first-order chi connectivity index (χ1) is 13.5. The zero-order chi connectivity index (χ0) is 20.3. The van der Waals surface area contributed by atoms with E-state index in [0.717, 1.165) is 42.2 Å². The third-order valence-electron chi connectivity index (χ3n) is 4.48. The van der Waals surface area contributed by atoms with Crippen LogP contribution < -0.4 is 4.74 Å². The Morgan fingerprint density at radius 1 is 1.39 bits per heavy atom. The second kappa shape index (κ2) is 8.39. The fourth-order valence-electron chi connectivity index (χ4n) is 3.15. The van der Waals surface area contributed by atoms with E-state index in [1.165, 1.54) is 30.7 Å². The van der Waals surface area contributed by atoms with Crippen LogP contribution in [0.1, 0.15) is 46.1 Å². The number of aromatic hydroxyl groups is 1. The highest BCUT2D eigenvalue weighted by molar-refractivity contribution is 7.16. The van der Waals surface area contributed by atoms with Crippen molar-refractivity contribution in [2.45, 2.75) is 32.6 Å². The zero-order valence-electron chi connectivity index (χ0n) is 15.6. The number of phenolic OH excluding ortho intramolecular Hbond substituents is 1. The molecule has 0 bridgehead atoms. The molecule has 0 saturated carbocycles. The quantitative estimate of drug-likeness (QED) is 0.335. The minimum Gasteiger partial charge on any atom is -0.502 e. The van der Waals surface area contributed by atoms with Crippen LogP contribution >= 0.6 is 11.3 Å². The van der Waals surface area contributed by atoms with Crippen molar-refractivity contribution >= 4 is 34.2 Å². The Hall–Kier alpha value is -2.94. The van der Waals surface area contributed by atoms with E-state index in [-0.39, 0.29) is 17.9 Å². The molecule has 0 spiro atoms. The summed E-state index contributed by atoms with van der Waals surface area (Å²) in [6, 6.07) is 2.59. The van der Waals surface area contributed by atoms with Gasteiger partial charge in [-0.15, -0.1) is 11.3 Å². The van der Waals surface area contributed by atoms with E-state index >= 15 is 0 Å². The summed E-state index contributed by atoms with van der Waals surface area (Å²) >= 11 is 1.42. The Bertz CT molecular complexity index is 950. The number of hydrogen-bond donors (Lipinski definition) is 1. The number of phenols is 1. The monoisotopic (exact) mass is 404 g/mol. The Labute approximate surface area is 165 Å². The first kappa shape index (κ1) is 19.8. The van der Waals surface area contributed by atoms with Crippen LogP contribution in [-0.4, -0.2) is 35.9 Å². The molecule has 148 valence electrons. The van der Waals surface area contributed by atoms with E-state index in [0.29, 0.717) is 10.6 Å². The lowest BCUT2D eigenvalue weighted by Gasteiger charge is -2.11. The SMILES string of the molecule is CCOC(=O)c1c(N=Cc2cc(OC)cc([N+](=O)[O-])c2O)sc2c1CCCC2. The van der Waals surface area contributed by atoms with Crippen molar-refractivity contribution in [3.05, 3.63) is 43.8 Å². The molecule has 0 unspecified atom stereocenters. The molecule has 0 radical (unpaired) electrons. The number of carbonyl (C=O) groups is 1. The van der Waals surface area contributed by atoms with Gasteiger partial charge < -0.3 is 14.6 Å². The van der Waals surface area contributed by atoms with Crippen molar-refractivity contribution in [2.24, 2.45) is 4.99 Å². The number of benzene rings is 1. The predicted molar refractivity (Wildman–Crippen MR) is 105 cm³/mol. The fourth-order valence-corrected chi connectivity index (χ4v) is 4.38. The summed E-state index contributed by atoms with van der Waals surface area (Å²) in [7, 11) is 1.38. The van der Waals surface area contributed by atoms with Crippen LogP contribution in [0.25, 0.3) is 0 Å². The second-order valence-electron chi connectivity index (χ2n) is 6.21. The fraction of sp³-hybridized carbons (Fsp3) is 0.368. The van der Waals surface area contributed by atoms with Gasteiger partial charge in [-0.1, -0.05) is 0 Å². The molecule has 0 fully saturated rings. The van der Waals surface area contributed by atoms with Crippen LogP contribution in [0.3, 0.4) is 0 Å². The number of methoxy groups -OCH3 is 1. The summed E-state index contributed by atoms with van der Waals surface area (Å²) in [4.78, 5) is 28.4. The summed E-state index contributed by atoms with van der Waals surface area (Å²) in [6.45, 7) is 2.00. The second-order valence-corrected chi connectivity index (χ2v) is 7.29. The van der Waals surface area contributed by atoms with Gasteiger partial charge in [-0.2, -0.15) is 0 Å². The van der Waals surface area contributed by atoms with Gasteiger partial charge in [0.25, 0.3) is 0 Å².